The Kier molecular flexibility index (Phi) is 8.91. The molecule has 0 atom stereocenters. The van der Waals surface area contributed by atoms with Crippen LogP contribution in [-0.4, -0.2) is 71.4 Å². The van der Waals surface area contributed by atoms with E-state index in [4.69, 9.17) is 0 Å². The molecule has 0 unspecified atom stereocenters. The first-order valence-electron chi connectivity index (χ1n) is 14.4. The molecule has 244 valence electrons. The van der Waals surface area contributed by atoms with Crippen LogP contribution in [0.25, 0.3) is 0 Å². The molecule has 3 aromatic carbocycles. The van der Waals surface area contributed by atoms with Crippen molar-refractivity contribution in [3.63, 3.8) is 0 Å². The molecule has 4 amide bonds. The van der Waals surface area contributed by atoms with E-state index >= 15 is 0 Å². The van der Waals surface area contributed by atoms with Gasteiger partial charge in [-0.05, 0) is 48.7 Å². The zero-order valence-corrected chi connectivity index (χ0v) is 24.7. The second kappa shape index (κ2) is 12.6. The van der Waals surface area contributed by atoms with Crippen molar-refractivity contribution >= 4 is 29.2 Å². The topological polar surface area (TPSA) is 76.2 Å². The van der Waals surface area contributed by atoms with Crippen LogP contribution in [0.1, 0.15) is 29.5 Å². The molecule has 2 fully saturated rings. The monoisotopic (exact) mass is 647 g/mol. The van der Waals surface area contributed by atoms with Gasteiger partial charge >= 0.3 is 18.4 Å². The van der Waals surface area contributed by atoms with Gasteiger partial charge in [-0.15, -0.1) is 0 Å². The van der Waals surface area contributed by atoms with Gasteiger partial charge in [-0.25, -0.2) is 4.79 Å². The predicted octanol–water partition coefficient (Wildman–Crippen LogP) is 6.06. The van der Waals surface area contributed by atoms with E-state index in [9.17, 15) is 40.7 Å². The van der Waals surface area contributed by atoms with Gasteiger partial charge in [0.05, 0.1) is 17.8 Å². The number of carbonyl (C=O) groups is 3. The highest BCUT2D eigenvalue weighted by molar-refractivity contribution is 5.97. The number of nitrogens with one attached hydrogen (secondary N) is 1. The molecule has 2 saturated heterocycles. The summed E-state index contributed by atoms with van der Waals surface area (Å²) in [6.45, 7) is 0.276. The Balaban J connectivity index is 1.31. The number of para-hydroxylation sites is 1. The third-order valence-electron chi connectivity index (χ3n) is 8.31. The summed E-state index contributed by atoms with van der Waals surface area (Å²) < 4.78 is 79.9. The quantitative estimate of drug-likeness (QED) is 0.331. The molecule has 2 aliphatic heterocycles. The van der Waals surface area contributed by atoms with Crippen LogP contribution in [-0.2, 0) is 28.5 Å². The average Bonchev–Trinajstić information content (AvgIpc) is 3.27. The van der Waals surface area contributed by atoms with E-state index in [1.165, 1.54) is 14.7 Å². The number of rotatable bonds is 6. The highest BCUT2D eigenvalue weighted by Crippen LogP contribution is 2.40. The third kappa shape index (κ3) is 6.90. The van der Waals surface area contributed by atoms with Gasteiger partial charge < -0.3 is 24.9 Å². The van der Waals surface area contributed by atoms with Crippen LogP contribution >= 0.6 is 0 Å². The highest BCUT2D eigenvalue weighted by Gasteiger charge is 2.54. The number of amides is 4. The summed E-state index contributed by atoms with van der Waals surface area (Å²) in [6, 6.07) is 18.5. The number of likely N-dealkylation sites (tertiary alicyclic amines) is 1. The number of benzene rings is 3. The lowest BCUT2D eigenvalue weighted by Gasteiger charge is -2.43. The van der Waals surface area contributed by atoms with E-state index in [1.54, 1.807) is 7.05 Å². The van der Waals surface area contributed by atoms with Gasteiger partial charge in [-0.2, -0.15) is 26.3 Å². The molecule has 2 aliphatic rings. The van der Waals surface area contributed by atoms with E-state index in [2.05, 4.69) is 5.32 Å². The molecule has 0 aromatic heterocycles. The molecule has 1 N–H and O–H groups in total. The molecule has 5 rings (SSSR count). The first-order chi connectivity index (χ1) is 21.7. The van der Waals surface area contributed by atoms with E-state index in [0.717, 1.165) is 11.3 Å². The van der Waals surface area contributed by atoms with Crippen molar-refractivity contribution in [1.29, 1.82) is 0 Å². The molecule has 8 nitrogen and oxygen atoms in total. The maximum absolute atomic E-state index is 14.0. The number of hydrogen-bond acceptors (Lipinski definition) is 4. The predicted molar refractivity (Wildman–Crippen MR) is 157 cm³/mol. The molecule has 14 heteroatoms. The van der Waals surface area contributed by atoms with Gasteiger partial charge in [0.15, 0.2) is 0 Å². The van der Waals surface area contributed by atoms with Crippen molar-refractivity contribution in [2.24, 2.45) is 0 Å². The number of carbonyl (C=O) groups excluding carboxylic acids is 3. The molecule has 3 aromatic rings. The zero-order valence-electron chi connectivity index (χ0n) is 24.7. The molecular weight excluding hydrogens is 616 g/mol. The second-order valence-corrected chi connectivity index (χ2v) is 11.4. The molecule has 2 heterocycles. The van der Waals surface area contributed by atoms with Crippen LogP contribution in [0.3, 0.4) is 0 Å². The fraction of sp³-hybridized carbons (Fsp3) is 0.344. The number of nitrogens with zero attached hydrogens (tertiary/aromatic N) is 4. The van der Waals surface area contributed by atoms with Crippen LogP contribution in [0.2, 0.25) is 0 Å². The minimum atomic E-state index is -5.06. The molecular formula is C32H31F6N5O3. The standard InChI is InChI=1S/C32H31F6N5O3/c1-40(19-22-8-4-2-5-9-22)27(44)20-42-21-43(26-10-6-3-7-11-26)30(28(42)45)12-14-41(15-13-30)29(46)39-25-17-23(31(33,34)35)16-24(18-25)32(36,37)38/h2-11,16-18H,12-15,19-21H2,1H3,(H,39,46). The Bertz CT molecular complexity index is 1540. The van der Waals surface area contributed by atoms with E-state index in [1.807, 2.05) is 65.6 Å². The SMILES string of the molecule is CN(Cc1ccccc1)C(=O)CN1CN(c2ccccc2)C2(CCN(C(=O)Nc3cc(C(F)(F)F)cc(C(F)(F)F)c3)CC2)C1=O. The fourth-order valence-electron chi connectivity index (χ4n) is 5.86. The van der Waals surface area contributed by atoms with E-state index in [-0.39, 0.29) is 57.0 Å². The molecule has 46 heavy (non-hydrogen) atoms. The summed E-state index contributed by atoms with van der Waals surface area (Å²) in [5.41, 5.74) is -3.21. The normalized spacial score (nSPS) is 16.6. The van der Waals surface area contributed by atoms with Gasteiger partial charge in [0.1, 0.15) is 12.1 Å². The Morgan fingerprint density at radius 2 is 1.39 bits per heavy atom. The Morgan fingerprint density at radius 3 is 1.93 bits per heavy atom. The Labute approximate surface area is 261 Å². The van der Waals surface area contributed by atoms with Crippen LogP contribution in [0.5, 0.6) is 0 Å². The third-order valence-corrected chi connectivity index (χ3v) is 8.31. The van der Waals surface area contributed by atoms with Crippen LogP contribution in [0.15, 0.2) is 78.9 Å². The summed E-state index contributed by atoms with van der Waals surface area (Å²) in [5, 5.41) is 2.16. The van der Waals surface area contributed by atoms with Gasteiger partial charge in [-0.3, -0.25) is 9.59 Å². The number of anilines is 2. The summed E-state index contributed by atoms with van der Waals surface area (Å²) in [7, 11) is 1.65. The van der Waals surface area contributed by atoms with Crippen molar-refractivity contribution in [3.8, 4) is 0 Å². The first-order valence-corrected chi connectivity index (χ1v) is 14.4. The zero-order chi connectivity index (χ0) is 33.3. The van der Waals surface area contributed by atoms with Gasteiger partial charge in [-0.1, -0.05) is 48.5 Å². The molecule has 1 spiro atoms. The van der Waals surface area contributed by atoms with Crippen LogP contribution in [0.4, 0.5) is 42.5 Å². The summed E-state index contributed by atoms with van der Waals surface area (Å²) in [4.78, 5) is 46.3. The van der Waals surface area contributed by atoms with Crippen LogP contribution < -0.4 is 10.2 Å². The second-order valence-electron chi connectivity index (χ2n) is 11.4. The minimum absolute atomic E-state index is 0.0122. The number of likely N-dealkylation sites (N-methyl/N-ethyl adjacent to an activating group) is 1. The number of alkyl halides is 6. The summed E-state index contributed by atoms with van der Waals surface area (Å²) in [6.07, 6.45) is -9.89. The lowest BCUT2D eigenvalue weighted by Crippen LogP contribution is -2.58. The smallest absolute Gasteiger partial charge is 0.340 e. The maximum atomic E-state index is 14.0. The number of piperidine rings is 1. The largest absolute Gasteiger partial charge is 0.416 e. The number of hydrogen-bond donors (Lipinski definition) is 1. The Morgan fingerprint density at radius 1 is 0.848 bits per heavy atom. The molecule has 0 saturated carbocycles. The highest BCUT2D eigenvalue weighted by atomic mass is 19.4. The first kappa shape index (κ1) is 32.6. The minimum Gasteiger partial charge on any atom is -0.340 e. The lowest BCUT2D eigenvalue weighted by atomic mass is 9.85. The van der Waals surface area contributed by atoms with Crippen molar-refractivity contribution in [2.75, 3.05) is 43.6 Å². The van der Waals surface area contributed by atoms with Gasteiger partial charge in [0.25, 0.3) is 5.91 Å². The van der Waals surface area contributed by atoms with E-state index in [0.29, 0.717) is 18.7 Å². The van der Waals surface area contributed by atoms with Gasteiger partial charge in [0.2, 0.25) is 5.91 Å². The lowest BCUT2D eigenvalue weighted by molar-refractivity contribution is -0.143. The summed E-state index contributed by atoms with van der Waals surface area (Å²) in [5.74, 6) is -0.566. The average molecular weight is 648 g/mol. The number of urea groups is 1. The molecule has 0 aliphatic carbocycles. The van der Waals surface area contributed by atoms with Crippen molar-refractivity contribution in [1.82, 2.24) is 14.7 Å². The fourth-order valence-corrected chi connectivity index (χ4v) is 5.86. The van der Waals surface area contributed by atoms with Crippen molar-refractivity contribution < 1.29 is 40.7 Å². The number of halogens is 6. The molecule has 0 radical (unpaired) electrons. The van der Waals surface area contributed by atoms with Crippen molar-refractivity contribution in [2.45, 2.75) is 37.3 Å². The van der Waals surface area contributed by atoms with Gasteiger partial charge in [0, 0.05) is 38.1 Å². The summed E-state index contributed by atoms with van der Waals surface area (Å²) >= 11 is 0. The van der Waals surface area contributed by atoms with Crippen LogP contribution in [0, 0.1) is 0 Å². The van der Waals surface area contributed by atoms with Crippen molar-refractivity contribution in [3.05, 3.63) is 95.6 Å². The molecule has 0 bridgehead atoms. The maximum Gasteiger partial charge on any atom is 0.416 e. The Hall–Kier alpha value is -4.75. The van der Waals surface area contributed by atoms with E-state index < -0.39 is 40.7 Å².